The number of fused-ring (bicyclic) bond motifs is 5. The van der Waals surface area contributed by atoms with Gasteiger partial charge < -0.3 is 19.7 Å². The van der Waals surface area contributed by atoms with Crippen LogP contribution in [0.4, 0.5) is 9.18 Å². The van der Waals surface area contributed by atoms with Crippen molar-refractivity contribution in [2.75, 3.05) is 32.5 Å². The minimum absolute atomic E-state index is 0.0139. The Kier molecular flexibility index (Phi) is 15.7. The van der Waals surface area contributed by atoms with Crippen LogP contribution in [0.3, 0.4) is 0 Å². The van der Waals surface area contributed by atoms with Crippen LogP contribution in [0.2, 0.25) is 5.11 Å². The van der Waals surface area contributed by atoms with Crippen LogP contribution in [-0.2, 0) is 11.2 Å². The predicted octanol–water partition coefficient (Wildman–Crippen LogP) is 7.68. The average Bonchev–Trinajstić information content (AvgIpc) is 3.40. The van der Waals surface area contributed by atoms with Crippen molar-refractivity contribution in [2.24, 2.45) is 22.7 Å². The Labute approximate surface area is 309 Å². The highest BCUT2D eigenvalue weighted by Gasteiger charge is 2.55. The second-order valence-corrected chi connectivity index (χ2v) is 16.8. The van der Waals surface area contributed by atoms with Gasteiger partial charge in [0.25, 0.3) is 0 Å². The zero-order valence-corrected chi connectivity index (χ0v) is 32.4. The minimum Gasteiger partial charge on any atom is -0.410 e. The smallest absolute Gasteiger partial charge is 0.410 e. The summed E-state index contributed by atoms with van der Waals surface area (Å²) in [5, 5.41) is 1.51. The van der Waals surface area contributed by atoms with Gasteiger partial charge in [0.2, 0.25) is 0 Å². The first kappa shape index (κ1) is 42.4. The summed E-state index contributed by atoms with van der Waals surface area (Å²) in [6, 6.07) is 6.97. The monoisotopic (exact) mass is 688 g/mol. The van der Waals surface area contributed by atoms with Crippen molar-refractivity contribution in [1.29, 1.82) is 0 Å². The van der Waals surface area contributed by atoms with Crippen LogP contribution in [0, 0.1) is 22.7 Å². The fourth-order valence-corrected chi connectivity index (χ4v) is 8.39. The quantitative estimate of drug-likeness (QED) is 0.218. The van der Waals surface area contributed by atoms with E-state index in [1.807, 2.05) is 18.1 Å². The molecule has 1 aromatic rings. The summed E-state index contributed by atoms with van der Waals surface area (Å²) in [6.07, 6.45) is 11.4. The molecule has 6 atom stereocenters. The van der Waals surface area contributed by atoms with E-state index in [0.717, 1.165) is 50.7 Å². The number of benzene rings is 1. The highest BCUT2D eigenvalue weighted by atomic mass is 32.1. The molecule has 3 fully saturated rings. The molecule has 8 radical (unpaired) electrons. The van der Waals surface area contributed by atoms with E-state index in [0.29, 0.717) is 46.8 Å². The second kappa shape index (κ2) is 18.1. The number of aryl methyl sites for hydroxylation is 1. The number of likely N-dealkylation sites (tertiary alicyclic amines) is 1. The van der Waals surface area contributed by atoms with Crippen LogP contribution < -0.4 is 10.1 Å². The number of rotatable bonds is 8. The van der Waals surface area contributed by atoms with Crippen molar-refractivity contribution < 1.29 is 18.7 Å². The summed E-state index contributed by atoms with van der Waals surface area (Å²) in [4.78, 5) is 14.6. The number of nitrogens with one attached hydrogen (secondary N) is 1. The molecule has 5 rings (SSSR count). The first-order valence-electron chi connectivity index (χ1n) is 18.7. The number of carbonyl (C=O) groups excluding carboxylic acids is 1. The van der Waals surface area contributed by atoms with E-state index < -0.39 is 10.7 Å². The lowest BCUT2D eigenvalue weighted by atomic mass is 9.32. The van der Waals surface area contributed by atoms with E-state index in [9.17, 15) is 9.18 Å². The molecule has 1 heterocycles. The molecule has 5 nitrogen and oxygen atoms in total. The lowest BCUT2D eigenvalue weighted by Gasteiger charge is -2.50. The number of carbonyl (C=O) groups is 1. The third kappa shape index (κ3) is 11.2. The molecule has 0 aromatic heterocycles. The van der Waals surface area contributed by atoms with Crippen molar-refractivity contribution in [3.05, 3.63) is 29.3 Å². The SMILES string of the molecule is CCC(C)(C)C.CCNC1CCN(C(=O)Oc2ccc3c(c2)CCC2C3CCC3(C)C(OC)CCC23)CC1.[B]C([B])([B])C([B])(F)CCCS. The number of alkyl halides is 1. The zero-order chi connectivity index (χ0) is 36.6. The molecule has 49 heavy (non-hydrogen) atoms. The highest BCUT2D eigenvalue weighted by molar-refractivity contribution is 7.80. The Hall–Kier alpha value is -1.05. The molecule has 6 unspecified atom stereocenters. The zero-order valence-electron chi connectivity index (χ0n) is 31.5. The third-order valence-electron chi connectivity index (χ3n) is 11.8. The summed E-state index contributed by atoms with van der Waals surface area (Å²) in [5.41, 5.74) is 1.57. The van der Waals surface area contributed by atoms with Gasteiger partial charge in [0.05, 0.1) is 35.2 Å². The Morgan fingerprint density at radius 2 is 1.71 bits per heavy atom. The summed E-state index contributed by atoms with van der Waals surface area (Å²) < 4.78 is 24.9. The van der Waals surface area contributed by atoms with Crippen molar-refractivity contribution >= 4 is 50.1 Å². The summed E-state index contributed by atoms with van der Waals surface area (Å²) >= 11 is 3.88. The molecule has 1 amide bonds. The molecule has 11 heteroatoms. The van der Waals surface area contributed by atoms with E-state index >= 15 is 0 Å². The Balaban J connectivity index is 0.000000318. The molecule has 0 bridgehead atoms. The van der Waals surface area contributed by atoms with E-state index in [2.05, 4.69) is 71.6 Å². The summed E-state index contributed by atoms with van der Waals surface area (Å²) in [6.45, 7) is 16.1. The van der Waals surface area contributed by atoms with Crippen LogP contribution in [0.1, 0.15) is 123 Å². The number of amides is 1. The van der Waals surface area contributed by atoms with Crippen LogP contribution in [-0.4, -0.2) is 92.6 Å². The van der Waals surface area contributed by atoms with Gasteiger partial charge in [0.1, 0.15) is 13.6 Å². The number of thiol groups is 1. The molecule has 1 aromatic carbocycles. The molecule has 1 saturated heterocycles. The fourth-order valence-electron chi connectivity index (χ4n) is 8.23. The maximum absolute atomic E-state index is 13.2. The maximum Gasteiger partial charge on any atom is 0.415 e. The first-order chi connectivity index (χ1) is 22.9. The van der Waals surface area contributed by atoms with Gasteiger partial charge in [-0.3, -0.25) is 4.39 Å². The molecule has 0 spiro atoms. The molecule has 3 aliphatic carbocycles. The van der Waals surface area contributed by atoms with Gasteiger partial charge in [-0.25, -0.2) is 4.79 Å². The van der Waals surface area contributed by atoms with E-state index in [-0.39, 0.29) is 12.5 Å². The van der Waals surface area contributed by atoms with Gasteiger partial charge >= 0.3 is 6.09 Å². The van der Waals surface area contributed by atoms with E-state index in [4.69, 9.17) is 40.9 Å². The second-order valence-electron chi connectivity index (χ2n) is 16.3. The predicted molar refractivity (Wildman–Crippen MR) is 209 cm³/mol. The fraction of sp³-hybridized carbons (Fsp3) is 0.816. The lowest BCUT2D eigenvalue weighted by Crippen LogP contribution is -2.45. The van der Waals surface area contributed by atoms with Crippen LogP contribution >= 0.6 is 12.6 Å². The summed E-state index contributed by atoms with van der Waals surface area (Å²) in [5.74, 6) is 3.44. The number of nitrogens with zero attached hydrogens (tertiary/aromatic N) is 1. The third-order valence-corrected chi connectivity index (χ3v) is 12.1. The largest absolute Gasteiger partial charge is 0.415 e. The van der Waals surface area contributed by atoms with Crippen molar-refractivity contribution in [2.45, 2.75) is 141 Å². The van der Waals surface area contributed by atoms with Crippen molar-refractivity contribution in [1.82, 2.24) is 10.2 Å². The molecule has 266 valence electrons. The lowest BCUT2D eigenvalue weighted by molar-refractivity contribution is -0.0444. The topological polar surface area (TPSA) is 50.8 Å². The molecule has 4 aliphatic rings. The standard InChI is InChI=1S/C27H40N2O3.C6H14.C5H7B4FS/c1-4-28-19-12-15-29(16-13-19)26(30)32-20-6-8-21-18(17-20)5-7-23-22(21)11-14-27(2)24(23)9-10-25(27)31-3;1-5-6(2,3)4;6-4(10,2-1-3-11)5(7,8)9/h6,8,17,19,22-25,28H,4-5,7,9-16H2,1-3H3;5H2,1-4H3;11H,1-3H2. The van der Waals surface area contributed by atoms with Crippen LogP contribution in [0.15, 0.2) is 18.2 Å². The Morgan fingerprint density at radius 3 is 2.27 bits per heavy atom. The Morgan fingerprint density at radius 1 is 1.06 bits per heavy atom. The van der Waals surface area contributed by atoms with Gasteiger partial charge in [0, 0.05) is 26.2 Å². The van der Waals surface area contributed by atoms with Gasteiger partial charge in [-0.1, -0.05) is 54.0 Å². The number of piperidine rings is 1. The number of halogens is 1. The molecular formula is C38H61B4FN2O3S. The number of hydrogen-bond donors (Lipinski definition) is 2. The molecule has 1 N–H and O–H groups in total. The first-order valence-corrected chi connectivity index (χ1v) is 19.3. The molecular weight excluding hydrogens is 627 g/mol. The average molecular weight is 688 g/mol. The van der Waals surface area contributed by atoms with Crippen molar-refractivity contribution in [3.8, 4) is 5.75 Å². The molecule has 1 aliphatic heterocycles. The highest BCUT2D eigenvalue weighted by Crippen LogP contribution is 2.61. The van der Waals surface area contributed by atoms with Crippen LogP contribution in [0.25, 0.3) is 0 Å². The number of ether oxygens (including phenoxy) is 2. The number of hydrogen-bond acceptors (Lipinski definition) is 5. The van der Waals surface area contributed by atoms with E-state index in [1.54, 1.807) is 0 Å². The number of methoxy groups -OCH3 is 1. The van der Waals surface area contributed by atoms with Gasteiger partial charge in [-0.15, -0.1) is 5.11 Å². The van der Waals surface area contributed by atoms with Gasteiger partial charge in [-0.05, 0) is 128 Å². The summed E-state index contributed by atoms with van der Waals surface area (Å²) in [7, 11) is 22.3. The minimum atomic E-state index is -2.23. The Bertz CT molecular complexity index is 1190. The maximum atomic E-state index is 13.2. The van der Waals surface area contributed by atoms with Gasteiger partial charge in [-0.2, -0.15) is 12.6 Å². The molecule has 2 saturated carbocycles. The van der Waals surface area contributed by atoms with Gasteiger partial charge in [0.15, 0.2) is 0 Å². The normalized spacial score (nSPS) is 28.0. The van der Waals surface area contributed by atoms with Crippen molar-refractivity contribution in [3.63, 3.8) is 0 Å². The van der Waals surface area contributed by atoms with E-state index in [1.165, 1.54) is 49.7 Å². The van der Waals surface area contributed by atoms with Crippen LogP contribution in [0.5, 0.6) is 5.75 Å².